The molecular weight excluding hydrogens is 171 g/mol. The Hall–Kier alpha value is -0.257. The van der Waals surface area contributed by atoms with Crippen LogP contribution in [0.1, 0.15) is 0 Å². The van der Waals surface area contributed by atoms with E-state index in [0.29, 0.717) is 6.08 Å². The van der Waals surface area contributed by atoms with E-state index < -0.39 is 0 Å². The van der Waals surface area contributed by atoms with Crippen molar-refractivity contribution in [3.8, 4) is 0 Å². The average molecular weight is 172 g/mol. The molecule has 0 spiro atoms. The molecule has 0 saturated heterocycles. The molecule has 0 heterocycles. The molecule has 0 amide bonds. The molecule has 0 aliphatic rings. The number of hydrogen-bond donors (Lipinski definition) is 0. The second kappa shape index (κ2) is 8.83. The largest absolute Gasteiger partial charge is 0.418 e. The second-order valence-electron chi connectivity index (χ2n) is 0.380. The Morgan fingerprint density at radius 3 is 2.17 bits per heavy atom. The summed E-state index contributed by atoms with van der Waals surface area (Å²) in [7, 11) is 0. The second-order valence-corrected chi connectivity index (χ2v) is 0.380. The van der Waals surface area contributed by atoms with Gasteiger partial charge in [-0.05, 0) is 6.29 Å². The van der Waals surface area contributed by atoms with Crippen molar-refractivity contribution in [2.75, 3.05) is 0 Å². The van der Waals surface area contributed by atoms with E-state index in [9.17, 15) is 0 Å². The van der Waals surface area contributed by atoms with Crippen LogP contribution < -0.4 is 0 Å². The maximum absolute atomic E-state index is 8.96. The Labute approximate surface area is 48.0 Å². The summed E-state index contributed by atoms with van der Waals surface area (Å²) >= 11 is 0. The van der Waals surface area contributed by atoms with Crippen LogP contribution in [-0.2, 0) is 29.1 Å². The molecule has 3 heteroatoms. The van der Waals surface area contributed by atoms with Crippen molar-refractivity contribution >= 4 is 12.2 Å². The zero-order valence-corrected chi connectivity index (χ0v) is 4.37. The van der Waals surface area contributed by atoms with E-state index in [2.05, 4.69) is 0 Å². The standard InChI is InChI=1S/C3HO2.Rh/c4-2-1-3-5;/h1H;/q-1;. The Kier molecular flexibility index (Phi) is 13.6. The molecule has 0 aliphatic heterocycles. The first-order chi connectivity index (χ1) is 2.41. The predicted molar refractivity (Wildman–Crippen MR) is 16.0 cm³/mol. The molecule has 0 N–H and O–H groups in total. The molecule has 0 saturated carbocycles. The Bertz CT molecular complexity index is 72.9. The molecular formula is C3HO2Rh-. The first-order valence-electron chi connectivity index (χ1n) is 0.986. The Balaban J connectivity index is 0. The van der Waals surface area contributed by atoms with Gasteiger partial charge < -0.3 is 9.59 Å². The summed E-state index contributed by atoms with van der Waals surface area (Å²) in [6.07, 6.45) is 1.86. The molecule has 6 heavy (non-hydrogen) atoms. The summed E-state index contributed by atoms with van der Waals surface area (Å²) in [5, 5.41) is 0. The van der Waals surface area contributed by atoms with Crippen LogP contribution in [0.2, 0.25) is 0 Å². The molecule has 0 aromatic heterocycles. The number of rotatable bonds is 1. The van der Waals surface area contributed by atoms with E-state index in [1.54, 1.807) is 0 Å². The third-order valence-corrected chi connectivity index (χ3v) is 0.118. The number of carbonyl (C=O) groups excluding carboxylic acids is 2. The van der Waals surface area contributed by atoms with Gasteiger partial charge in [0.25, 0.3) is 0 Å². The van der Waals surface area contributed by atoms with Gasteiger partial charge in [-0.3, -0.25) is 0 Å². The van der Waals surface area contributed by atoms with E-state index in [4.69, 9.17) is 9.59 Å². The predicted octanol–water partition coefficient (Wildman–Crippen LogP) is -0.519. The van der Waals surface area contributed by atoms with Crippen molar-refractivity contribution in [1.29, 1.82) is 0 Å². The summed E-state index contributed by atoms with van der Waals surface area (Å²) in [4.78, 5) is 17.9. The average Bonchev–Trinajstić information content (AvgIpc) is 1.41. The smallest absolute Gasteiger partial charge is 0 e. The van der Waals surface area contributed by atoms with E-state index in [0.717, 1.165) is 0 Å². The van der Waals surface area contributed by atoms with Gasteiger partial charge in [0.05, 0.1) is 0 Å². The van der Waals surface area contributed by atoms with Crippen LogP contribution in [0, 0.1) is 0 Å². The molecule has 2 nitrogen and oxygen atoms in total. The molecule has 35 valence electrons. The van der Waals surface area contributed by atoms with Crippen molar-refractivity contribution in [3.63, 3.8) is 0 Å². The zero-order valence-electron chi connectivity index (χ0n) is 2.73. The van der Waals surface area contributed by atoms with E-state index in [1.807, 2.05) is 0 Å². The van der Waals surface area contributed by atoms with Gasteiger partial charge in [-0.25, -0.2) is 0 Å². The van der Waals surface area contributed by atoms with Gasteiger partial charge in [-0.1, -0.05) is 0 Å². The normalized spacial score (nSPS) is 4.00. The SMILES string of the molecule is O=C=C[C-]=O.[Rh]. The van der Waals surface area contributed by atoms with Gasteiger partial charge in [0, 0.05) is 19.5 Å². The molecule has 0 unspecified atom stereocenters. The van der Waals surface area contributed by atoms with E-state index >= 15 is 0 Å². The molecule has 0 aliphatic carbocycles. The van der Waals surface area contributed by atoms with E-state index in [1.165, 1.54) is 12.2 Å². The van der Waals surface area contributed by atoms with Crippen LogP contribution in [0.15, 0.2) is 6.08 Å². The Morgan fingerprint density at radius 1 is 1.67 bits per heavy atom. The van der Waals surface area contributed by atoms with Crippen molar-refractivity contribution in [1.82, 2.24) is 0 Å². The van der Waals surface area contributed by atoms with Crippen molar-refractivity contribution in [2.45, 2.75) is 0 Å². The minimum absolute atomic E-state index is 0. The summed E-state index contributed by atoms with van der Waals surface area (Å²) in [6.45, 7) is 0. The summed E-state index contributed by atoms with van der Waals surface area (Å²) < 4.78 is 0. The van der Waals surface area contributed by atoms with Crippen LogP contribution in [0.25, 0.3) is 0 Å². The third-order valence-electron chi connectivity index (χ3n) is 0.118. The fraction of sp³-hybridized carbons (Fsp3) is 0. The minimum atomic E-state index is 0. The van der Waals surface area contributed by atoms with Gasteiger partial charge in [-0.15, -0.1) is 12.0 Å². The van der Waals surface area contributed by atoms with Gasteiger partial charge >= 0.3 is 0 Å². The fourth-order valence-corrected chi connectivity index (χ4v) is 0.0241. The van der Waals surface area contributed by atoms with Gasteiger partial charge in [0.15, 0.2) is 0 Å². The topological polar surface area (TPSA) is 34.1 Å². The van der Waals surface area contributed by atoms with Gasteiger partial charge in [0.2, 0.25) is 0 Å². The molecule has 1 radical (unpaired) electrons. The van der Waals surface area contributed by atoms with Crippen LogP contribution in [0.5, 0.6) is 0 Å². The summed E-state index contributed by atoms with van der Waals surface area (Å²) in [5.74, 6) is 1.22. The fourth-order valence-electron chi connectivity index (χ4n) is 0.0241. The zero-order chi connectivity index (χ0) is 4.12. The van der Waals surface area contributed by atoms with Crippen molar-refractivity contribution in [3.05, 3.63) is 6.08 Å². The first-order valence-corrected chi connectivity index (χ1v) is 0.986. The monoisotopic (exact) mass is 172 g/mol. The van der Waals surface area contributed by atoms with E-state index in [-0.39, 0.29) is 19.5 Å². The quantitative estimate of drug-likeness (QED) is 0.231. The van der Waals surface area contributed by atoms with Crippen molar-refractivity contribution < 1.29 is 29.1 Å². The number of hydrogen-bond acceptors (Lipinski definition) is 2. The van der Waals surface area contributed by atoms with Crippen LogP contribution in [0.4, 0.5) is 0 Å². The minimum Gasteiger partial charge on any atom is -0.418 e. The molecule has 0 aromatic rings. The van der Waals surface area contributed by atoms with Crippen LogP contribution in [0.3, 0.4) is 0 Å². The maximum atomic E-state index is 8.96. The summed E-state index contributed by atoms with van der Waals surface area (Å²) in [6, 6.07) is 0. The molecule has 0 bridgehead atoms. The molecule has 0 rings (SSSR count). The van der Waals surface area contributed by atoms with Crippen LogP contribution >= 0.6 is 0 Å². The maximum Gasteiger partial charge on any atom is 0 e. The van der Waals surface area contributed by atoms with Crippen molar-refractivity contribution in [2.24, 2.45) is 0 Å². The first kappa shape index (κ1) is 9.22. The molecule has 0 atom stereocenters. The molecule has 0 aromatic carbocycles. The molecule has 0 fully saturated rings. The number of allylic oxidation sites excluding steroid dienone is 1. The van der Waals surface area contributed by atoms with Gasteiger partial charge in [-0.2, -0.15) is 0 Å². The van der Waals surface area contributed by atoms with Crippen LogP contribution in [-0.4, -0.2) is 12.2 Å². The third kappa shape index (κ3) is 9.27. The Morgan fingerprint density at radius 2 is 2.17 bits per heavy atom. The van der Waals surface area contributed by atoms with Gasteiger partial charge in [0.1, 0.15) is 0 Å². The summed E-state index contributed by atoms with van der Waals surface area (Å²) in [5.41, 5.74) is 0.